The van der Waals surface area contributed by atoms with Crippen LogP contribution in [0.4, 0.5) is 0 Å². The predicted molar refractivity (Wildman–Crippen MR) is 49.0 cm³/mol. The number of hydrogen-bond donors (Lipinski definition) is 1. The molecule has 3 heteroatoms. The summed E-state index contributed by atoms with van der Waals surface area (Å²) in [6.07, 6.45) is 1.69. The zero-order valence-electron chi connectivity index (χ0n) is 7.72. The van der Waals surface area contributed by atoms with Crippen molar-refractivity contribution in [1.82, 2.24) is 5.32 Å². The Morgan fingerprint density at radius 2 is 2.33 bits per heavy atom. The van der Waals surface area contributed by atoms with Crippen LogP contribution < -0.4 is 5.32 Å². The molecule has 12 heavy (non-hydrogen) atoms. The van der Waals surface area contributed by atoms with Crippen LogP contribution in [0.2, 0.25) is 0 Å². The van der Waals surface area contributed by atoms with Crippen molar-refractivity contribution < 1.29 is 4.79 Å². The third-order valence-corrected chi connectivity index (χ3v) is 1.68. The second-order valence-electron chi connectivity index (χ2n) is 3.28. The molecule has 0 amide bonds. The van der Waals surface area contributed by atoms with Gasteiger partial charge in [-0.15, -0.1) is 0 Å². The molecule has 0 spiro atoms. The molecule has 0 aromatic heterocycles. The molecule has 1 heterocycles. The number of ketones is 1. The molecule has 0 radical (unpaired) electrons. The first-order chi connectivity index (χ1) is 5.61. The van der Waals surface area contributed by atoms with Crippen LogP contribution in [0.15, 0.2) is 16.9 Å². The summed E-state index contributed by atoms with van der Waals surface area (Å²) in [6.45, 7) is 6.41. The van der Waals surface area contributed by atoms with Gasteiger partial charge in [0.05, 0.1) is 6.54 Å². The van der Waals surface area contributed by atoms with Gasteiger partial charge < -0.3 is 5.32 Å². The number of nitrogens with one attached hydrogen (secondary N) is 1. The molecule has 1 N–H and O–H groups in total. The summed E-state index contributed by atoms with van der Waals surface area (Å²) >= 11 is 0. The molecular weight excluding hydrogens is 152 g/mol. The van der Waals surface area contributed by atoms with Gasteiger partial charge in [0, 0.05) is 17.8 Å². The van der Waals surface area contributed by atoms with Gasteiger partial charge in [0.1, 0.15) is 5.70 Å². The van der Waals surface area contributed by atoms with Crippen molar-refractivity contribution in [3.05, 3.63) is 11.9 Å². The minimum absolute atomic E-state index is 0.0210. The molecule has 1 aliphatic heterocycles. The molecule has 0 bridgehead atoms. The minimum atomic E-state index is 0.0210. The van der Waals surface area contributed by atoms with Crippen LogP contribution >= 0.6 is 0 Å². The first-order valence-electron chi connectivity index (χ1n) is 4.13. The van der Waals surface area contributed by atoms with E-state index in [1.54, 1.807) is 6.20 Å². The van der Waals surface area contributed by atoms with Crippen LogP contribution in [0.1, 0.15) is 20.8 Å². The highest BCUT2D eigenvalue weighted by Gasteiger charge is 2.14. The summed E-state index contributed by atoms with van der Waals surface area (Å²) in [5, 5.41) is 3.01. The number of aliphatic imine (C=N–C) groups is 1. The highest BCUT2D eigenvalue weighted by atomic mass is 16.1. The zero-order chi connectivity index (χ0) is 9.14. The number of hydrogen-bond acceptors (Lipinski definition) is 3. The van der Waals surface area contributed by atoms with Crippen molar-refractivity contribution in [3.63, 3.8) is 0 Å². The van der Waals surface area contributed by atoms with Crippen molar-refractivity contribution in [1.29, 1.82) is 0 Å². The van der Waals surface area contributed by atoms with Crippen molar-refractivity contribution in [3.8, 4) is 0 Å². The minimum Gasteiger partial charge on any atom is -0.384 e. The fourth-order valence-electron chi connectivity index (χ4n) is 0.995. The summed E-state index contributed by atoms with van der Waals surface area (Å²) in [6, 6.07) is 0. The molecule has 0 fully saturated rings. The predicted octanol–water partition coefficient (Wildman–Crippen LogP) is 1.12. The van der Waals surface area contributed by atoms with E-state index in [1.165, 1.54) is 0 Å². The van der Waals surface area contributed by atoms with Crippen molar-refractivity contribution in [2.45, 2.75) is 20.8 Å². The van der Waals surface area contributed by atoms with Gasteiger partial charge in [-0.1, -0.05) is 13.8 Å². The average Bonchev–Trinajstić information content (AvgIpc) is 2.03. The lowest BCUT2D eigenvalue weighted by atomic mass is 10.1. The molecule has 1 rings (SSSR count). The van der Waals surface area contributed by atoms with E-state index in [-0.39, 0.29) is 11.7 Å². The second-order valence-corrected chi connectivity index (χ2v) is 3.28. The fourth-order valence-corrected chi connectivity index (χ4v) is 0.995. The first kappa shape index (κ1) is 8.97. The van der Waals surface area contributed by atoms with E-state index in [0.29, 0.717) is 5.70 Å². The molecule has 3 nitrogen and oxygen atoms in total. The average molecular weight is 166 g/mol. The zero-order valence-corrected chi connectivity index (χ0v) is 7.72. The molecule has 66 valence electrons. The molecule has 1 aliphatic rings. The van der Waals surface area contributed by atoms with Crippen molar-refractivity contribution in [2.75, 3.05) is 6.54 Å². The van der Waals surface area contributed by atoms with E-state index in [9.17, 15) is 4.79 Å². The monoisotopic (exact) mass is 166 g/mol. The van der Waals surface area contributed by atoms with Crippen LogP contribution in [0, 0.1) is 5.92 Å². The number of carbonyl (C=O) groups is 1. The van der Waals surface area contributed by atoms with E-state index in [0.717, 1.165) is 12.3 Å². The lowest BCUT2D eigenvalue weighted by molar-refractivity contribution is -0.118. The SMILES string of the molecule is CC1=NC(C(=O)C(C)C)=CNC1. The van der Waals surface area contributed by atoms with Crippen LogP contribution in [0.5, 0.6) is 0 Å². The highest BCUT2D eigenvalue weighted by Crippen LogP contribution is 2.08. The lowest BCUT2D eigenvalue weighted by Gasteiger charge is -2.11. The smallest absolute Gasteiger partial charge is 0.185 e. The van der Waals surface area contributed by atoms with Crippen LogP contribution in [-0.2, 0) is 4.79 Å². The van der Waals surface area contributed by atoms with Crippen molar-refractivity contribution >= 4 is 11.5 Å². The number of carbonyl (C=O) groups excluding carboxylic acids is 1. The van der Waals surface area contributed by atoms with Gasteiger partial charge in [-0.2, -0.15) is 0 Å². The molecule has 0 unspecified atom stereocenters. The van der Waals surface area contributed by atoms with Gasteiger partial charge in [-0.25, -0.2) is 0 Å². The van der Waals surface area contributed by atoms with E-state index >= 15 is 0 Å². The van der Waals surface area contributed by atoms with Crippen LogP contribution in [0.3, 0.4) is 0 Å². The van der Waals surface area contributed by atoms with Crippen LogP contribution in [-0.4, -0.2) is 18.0 Å². The standard InChI is InChI=1S/C9H14N2O/c1-6(2)9(12)8-5-10-4-7(3)11-8/h5-6,10H,4H2,1-3H3. The fraction of sp³-hybridized carbons (Fsp3) is 0.556. The molecule has 0 aromatic rings. The lowest BCUT2D eigenvalue weighted by Crippen LogP contribution is -2.23. The number of rotatable bonds is 2. The van der Waals surface area contributed by atoms with Crippen molar-refractivity contribution in [2.24, 2.45) is 10.9 Å². The number of allylic oxidation sites excluding steroid dienone is 1. The molecule has 0 aliphatic carbocycles. The first-order valence-corrected chi connectivity index (χ1v) is 4.13. The Labute approximate surface area is 72.6 Å². The van der Waals surface area contributed by atoms with Gasteiger partial charge >= 0.3 is 0 Å². The Kier molecular flexibility index (Phi) is 2.63. The Hall–Kier alpha value is -1.12. The summed E-state index contributed by atoms with van der Waals surface area (Å²) in [7, 11) is 0. The van der Waals surface area contributed by atoms with E-state index in [2.05, 4.69) is 10.3 Å². The van der Waals surface area contributed by atoms with Gasteiger partial charge in [0.15, 0.2) is 5.78 Å². The maximum Gasteiger partial charge on any atom is 0.185 e. The topological polar surface area (TPSA) is 41.5 Å². The quantitative estimate of drug-likeness (QED) is 0.667. The Morgan fingerprint density at radius 3 is 2.83 bits per heavy atom. The summed E-state index contributed by atoms with van der Waals surface area (Å²) < 4.78 is 0. The molecule has 0 aromatic carbocycles. The van der Waals surface area contributed by atoms with Gasteiger partial charge in [-0.3, -0.25) is 9.79 Å². The summed E-state index contributed by atoms with van der Waals surface area (Å²) in [4.78, 5) is 15.6. The Morgan fingerprint density at radius 1 is 1.67 bits per heavy atom. The molecule has 0 saturated heterocycles. The van der Waals surface area contributed by atoms with Gasteiger partial charge in [-0.05, 0) is 6.92 Å². The van der Waals surface area contributed by atoms with Gasteiger partial charge in [0.25, 0.3) is 0 Å². The third kappa shape index (κ3) is 1.94. The van der Waals surface area contributed by atoms with Gasteiger partial charge in [0.2, 0.25) is 0 Å². The van der Waals surface area contributed by atoms with E-state index < -0.39 is 0 Å². The summed E-state index contributed by atoms with van der Waals surface area (Å²) in [5.41, 5.74) is 1.51. The number of nitrogens with zero attached hydrogens (tertiary/aromatic N) is 1. The normalized spacial score (nSPS) is 16.7. The van der Waals surface area contributed by atoms with Crippen LogP contribution in [0.25, 0.3) is 0 Å². The maximum atomic E-state index is 11.4. The second kappa shape index (κ2) is 3.52. The summed E-state index contributed by atoms with van der Waals surface area (Å²) in [5.74, 6) is 0.120. The van der Waals surface area contributed by atoms with E-state index in [4.69, 9.17) is 0 Å². The highest BCUT2D eigenvalue weighted by molar-refractivity contribution is 6.00. The maximum absolute atomic E-state index is 11.4. The molecule has 0 atom stereocenters. The largest absolute Gasteiger partial charge is 0.384 e. The Balaban J connectivity index is 2.76. The molecule has 0 saturated carbocycles. The Bertz CT molecular complexity index is 251. The van der Waals surface area contributed by atoms with E-state index in [1.807, 2.05) is 20.8 Å². The number of Topliss-reactive ketones (excluding diaryl/α,β-unsaturated/α-hetero) is 1. The molecular formula is C9H14N2O. The third-order valence-electron chi connectivity index (χ3n) is 1.68.